The summed E-state index contributed by atoms with van der Waals surface area (Å²) >= 11 is 1.90. The molecule has 0 unspecified atom stereocenters. The molecule has 3 rings (SSSR count). The molecule has 0 bridgehead atoms. The van der Waals surface area contributed by atoms with Gasteiger partial charge < -0.3 is 9.64 Å². The third-order valence-corrected chi connectivity index (χ3v) is 7.01. The van der Waals surface area contributed by atoms with Crippen molar-refractivity contribution in [1.29, 1.82) is 0 Å². The Morgan fingerprint density at radius 3 is 2.28 bits per heavy atom. The van der Waals surface area contributed by atoms with Crippen molar-refractivity contribution in [2.24, 2.45) is 0 Å². The van der Waals surface area contributed by atoms with Crippen molar-refractivity contribution in [3.8, 4) is 5.75 Å². The molecule has 29 heavy (non-hydrogen) atoms. The van der Waals surface area contributed by atoms with Gasteiger partial charge in [-0.2, -0.15) is 11.8 Å². The standard InChI is InChI=1S/C25H33NO2S/c1-5-22(15-19(4)20-9-7-18(3)8-10-20)26(6-2)25(27)21-11-13-23(14-12-21)28-24-16-29-17-24/h7-14,19,22,24H,5-6,15-17H2,1-4H3/t19-,22-/m1/s1. The highest BCUT2D eigenvalue weighted by Gasteiger charge is 2.25. The molecule has 2 aromatic carbocycles. The summed E-state index contributed by atoms with van der Waals surface area (Å²) in [5, 5.41) is 0. The predicted octanol–water partition coefficient (Wildman–Crippen LogP) is 5.92. The van der Waals surface area contributed by atoms with Crippen LogP contribution in [0.1, 0.15) is 61.0 Å². The molecule has 1 saturated heterocycles. The fourth-order valence-corrected chi connectivity index (χ4v) is 4.40. The largest absolute Gasteiger partial charge is 0.489 e. The Balaban J connectivity index is 1.66. The summed E-state index contributed by atoms with van der Waals surface area (Å²) in [5.74, 6) is 3.50. The second-order valence-electron chi connectivity index (χ2n) is 8.00. The molecule has 2 atom stereocenters. The van der Waals surface area contributed by atoms with E-state index < -0.39 is 0 Å². The SMILES string of the molecule is CC[C@H](C[C@@H](C)c1ccc(C)cc1)N(CC)C(=O)c1ccc(OC2CSC2)cc1. The van der Waals surface area contributed by atoms with Gasteiger partial charge in [0.05, 0.1) is 0 Å². The smallest absolute Gasteiger partial charge is 0.254 e. The van der Waals surface area contributed by atoms with Crippen LogP contribution in [0.2, 0.25) is 0 Å². The van der Waals surface area contributed by atoms with E-state index >= 15 is 0 Å². The highest BCUT2D eigenvalue weighted by Crippen LogP contribution is 2.27. The number of nitrogens with zero attached hydrogens (tertiary/aromatic N) is 1. The molecular formula is C25H33NO2S. The quantitative estimate of drug-likeness (QED) is 0.513. The van der Waals surface area contributed by atoms with E-state index in [1.165, 1.54) is 11.1 Å². The number of thioether (sulfide) groups is 1. The lowest BCUT2D eigenvalue weighted by Gasteiger charge is -2.32. The zero-order chi connectivity index (χ0) is 20.8. The van der Waals surface area contributed by atoms with Gasteiger partial charge in [-0.15, -0.1) is 0 Å². The summed E-state index contributed by atoms with van der Waals surface area (Å²) < 4.78 is 5.90. The van der Waals surface area contributed by atoms with Gasteiger partial charge in [-0.1, -0.05) is 43.7 Å². The van der Waals surface area contributed by atoms with E-state index in [9.17, 15) is 4.79 Å². The molecule has 1 amide bonds. The zero-order valence-electron chi connectivity index (χ0n) is 18.1. The van der Waals surface area contributed by atoms with Crippen LogP contribution in [0.15, 0.2) is 48.5 Å². The summed E-state index contributed by atoms with van der Waals surface area (Å²) in [4.78, 5) is 15.3. The van der Waals surface area contributed by atoms with E-state index in [-0.39, 0.29) is 11.9 Å². The monoisotopic (exact) mass is 411 g/mol. The van der Waals surface area contributed by atoms with Gasteiger partial charge in [-0.05, 0) is 62.4 Å². The lowest BCUT2D eigenvalue weighted by molar-refractivity contribution is 0.0669. The Morgan fingerprint density at radius 2 is 1.76 bits per heavy atom. The van der Waals surface area contributed by atoms with Crippen molar-refractivity contribution in [3.05, 3.63) is 65.2 Å². The van der Waals surface area contributed by atoms with E-state index in [1.807, 2.05) is 40.9 Å². The number of aryl methyl sites for hydroxylation is 1. The first-order chi connectivity index (χ1) is 14.0. The molecule has 0 saturated carbocycles. The molecule has 4 heteroatoms. The minimum Gasteiger partial charge on any atom is -0.489 e. The van der Waals surface area contributed by atoms with Gasteiger partial charge in [-0.3, -0.25) is 4.79 Å². The van der Waals surface area contributed by atoms with Gasteiger partial charge in [0.2, 0.25) is 0 Å². The summed E-state index contributed by atoms with van der Waals surface area (Å²) in [6.07, 6.45) is 2.25. The van der Waals surface area contributed by atoms with E-state index in [2.05, 4.69) is 52.0 Å². The number of carbonyl (C=O) groups excluding carboxylic acids is 1. The molecule has 3 nitrogen and oxygen atoms in total. The van der Waals surface area contributed by atoms with Crippen LogP contribution in [0.25, 0.3) is 0 Å². The Kier molecular flexibility index (Phi) is 7.65. The molecule has 1 aliphatic rings. The van der Waals surface area contributed by atoms with Crippen molar-refractivity contribution in [1.82, 2.24) is 4.90 Å². The third kappa shape index (κ3) is 5.57. The molecule has 156 valence electrons. The lowest BCUT2D eigenvalue weighted by atomic mass is 9.91. The minimum atomic E-state index is 0.112. The highest BCUT2D eigenvalue weighted by atomic mass is 32.2. The summed E-state index contributed by atoms with van der Waals surface area (Å²) in [6, 6.07) is 16.7. The maximum atomic E-state index is 13.2. The van der Waals surface area contributed by atoms with Crippen LogP contribution in [0.4, 0.5) is 0 Å². The first kappa shape index (κ1) is 21.8. The van der Waals surface area contributed by atoms with E-state index in [0.29, 0.717) is 12.0 Å². The average Bonchev–Trinajstić information content (AvgIpc) is 2.71. The van der Waals surface area contributed by atoms with Crippen LogP contribution >= 0.6 is 11.8 Å². The van der Waals surface area contributed by atoms with Gasteiger partial charge in [-0.25, -0.2) is 0 Å². The highest BCUT2D eigenvalue weighted by molar-refractivity contribution is 8.00. The van der Waals surface area contributed by atoms with E-state index in [4.69, 9.17) is 4.74 Å². The van der Waals surface area contributed by atoms with Crippen LogP contribution < -0.4 is 4.74 Å². The molecule has 1 fully saturated rings. The molecule has 0 radical (unpaired) electrons. The van der Waals surface area contributed by atoms with Gasteiger partial charge in [0.1, 0.15) is 11.9 Å². The Bertz CT molecular complexity index is 783. The number of hydrogen-bond donors (Lipinski definition) is 0. The first-order valence-corrected chi connectivity index (χ1v) is 11.9. The second-order valence-corrected chi connectivity index (χ2v) is 9.08. The molecule has 2 aromatic rings. The van der Waals surface area contributed by atoms with E-state index in [0.717, 1.165) is 42.2 Å². The van der Waals surface area contributed by atoms with Crippen LogP contribution in [-0.2, 0) is 0 Å². The lowest BCUT2D eigenvalue weighted by Crippen LogP contribution is -2.40. The molecule has 0 aromatic heterocycles. The normalized spacial score (nSPS) is 16.0. The maximum absolute atomic E-state index is 13.2. The molecule has 1 heterocycles. The number of ether oxygens (including phenoxy) is 1. The van der Waals surface area contributed by atoms with Crippen molar-refractivity contribution in [2.45, 2.75) is 58.6 Å². The molecule has 1 aliphatic heterocycles. The number of benzene rings is 2. The zero-order valence-corrected chi connectivity index (χ0v) is 18.9. The van der Waals surface area contributed by atoms with Gasteiger partial charge in [0.15, 0.2) is 0 Å². The fourth-order valence-electron chi connectivity index (χ4n) is 3.84. The molecule has 0 aliphatic carbocycles. The maximum Gasteiger partial charge on any atom is 0.254 e. The first-order valence-electron chi connectivity index (χ1n) is 10.7. The number of rotatable bonds is 9. The summed E-state index contributed by atoms with van der Waals surface area (Å²) in [5.41, 5.74) is 3.36. The molecule has 0 N–H and O–H groups in total. The minimum absolute atomic E-state index is 0.112. The van der Waals surface area contributed by atoms with Crippen LogP contribution in [-0.4, -0.2) is 41.0 Å². The van der Waals surface area contributed by atoms with Crippen LogP contribution in [0.3, 0.4) is 0 Å². The van der Waals surface area contributed by atoms with Crippen molar-refractivity contribution < 1.29 is 9.53 Å². The molecule has 0 spiro atoms. The average molecular weight is 412 g/mol. The summed E-state index contributed by atoms with van der Waals surface area (Å²) in [6.45, 7) is 9.34. The predicted molar refractivity (Wildman–Crippen MR) is 123 cm³/mol. The van der Waals surface area contributed by atoms with Crippen LogP contribution in [0, 0.1) is 6.92 Å². The van der Waals surface area contributed by atoms with Gasteiger partial charge >= 0.3 is 0 Å². The Hall–Kier alpha value is -1.94. The van der Waals surface area contributed by atoms with Crippen molar-refractivity contribution in [2.75, 3.05) is 18.1 Å². The fraction of sp³-hybridized carbons (Fsp3) is 0.480. The topological polar surface area (TPSA) is 29.5 Å². The third-order valence-electron chi connectivity index (χ3n) is 5.80. The van der Waals surface area contributed by atoms with Crippen molar-refractivity contribution in [3.63, 3.8) is 0 Å². The molecular weight excluding hydrogens is 378 g/mol. The second kappa shape index (κ2) is 10.2. The Labute approximate surface area is 179 Å². The van der Waals surface area contributed by atoms with Gasteiger partial charge in [0.25, 0.3) is 5.91 Å². The van der Waals surface area contributed by atoms with Gasteiger partial charge in [0, 0.05) is 29.7 Å². The van der Waals surface area contributed by atoms with E-state index in [1.54, 1.807) is 0 Å². The number of hydrogen-bond acceptors (Lipinski definition) is 3. The summed E-state index contributed by atoms with van der Waals surface area (Å²) in [7, 11) is 0. The van der Waals surface area contributed by atoms with Crippen molar-refractivity contribution >= 4 is 17.7 Å². The Morgan fingerprint density at radius 1 is 1.10 bits per heavy atom. The number of amides is 1. The number of carbonyl (C=O) groups is 1. The van der Waals surface area contributed by atoms with Crippen LogP contribution in [0.5, 0.6) is 5.75 Å².